The molecule has 0 radical (unpaired) electrons. The van der Waals surface area contributed by atoms with E-state index in [0.717, 1.165) is 24.4 Å². The first-order valence-corrected chi connectivity index (χ1v) is 10.9. The van der Waals surface area contributed by atoms with E-state index in [1.807, 2.05) is 32.0 Å². The number of nitrogens with zero attached hydrogens (tertiary/aromatic N) is 3. The molecular formula is C23H30N4O3. The van der Waals surface area contributed by atoms with Gasteiger partial charge in [-0.2, -0.15) is 4.98 Å². The van der Waals surface area contributed by atoms with E-state index < -0.39 is 5.92 Å². The monoisotopic (exact) mass is 410 g/mol. The zero-order valence-electron chi connectivity index (χ0n) is 18.1. The van der Waals surface area contributed by atoms with Crippen LogP contribution in [0, 0.1) is 11.8 Å². The number of aromatic nitrogens is 2. The van der Waals surface area contributed by atoms with Crippen molar-refractivity contribution in [1.29, 1.82) is 0 Å². The molecule has 1 saturated carbocycles. The smallest absolute Gasteiger partial charge is 0.249 e. The molecule has 2 amide bonds. The van der Waals surface area contributed by atoms with Crippen LogP contribution >= 0.6 is 0 Å². The van der Waals surface area contributed by atoms with Gasteiger partial charge in [0.05, 0.1) is 5.92 Å². The molecule has 2 atom stereocenters. The molecule has 1 aromatic heterocycles. The third-order valence-corrected chi connectivity index (χ3v) is 5.97. The van der Waals surface area contributed by atoms with Crippen LogP contribution in [0.15, 0.2) is 28.8 Å². The maximum absolute atomic E-state index is 13.0. The van der Waals surface area contributed by atoms with Gasteiger partial charge < -0.3 is 14.7 Å². The summed E-state index contributed by atoms with van der Waals surface area (Å²) in [5.74, 6) is 1.49. The summed E-state index contributed by atoms with van der Waals surface area (Å²) < 4.78 is 5.45. The van der Waals surface area contributed by atoms with E-state index in [1.54, 1.807) is 4.90 Å². The minimum atomic E-state index is -0.396. The van der Waals surface area contributed by atoms with Crippen LogP contribution in [0.5, 0.6) is 0 Å². The number of hydrogen-bond acceptors (Lipinski definition) is 5. The van der Waals surface area contributed by atoms with Crippen molar-refractivity contribution in [3.8, 4) is 0 Å². The third kappa shape index (κ3) is 4.25. The first kappa shape index (κ1) is 20.6. The van der Waals surface area contributed by atoms with E-state index >= 15 is 0 Å². The first-order chi connectivity index (χ1) is 14.3. The Morgan fingerprint density at radius 1 is 1.23 bits per heavy atom. The molecule has 2 unspecified atom stereocenters. The van der Waals surface area contributed by atoms with Crippen LogP contribution in [0.3, 0.4) is 0 Å². The standard InChI is InChI=1S/C23H30N4O3/c1-13(2)16-6-5-7-18(10-16)27-12-17(11-19(27)28)22(29)24-20(14(3)4)23-25-21(26-30-23)15-8-9-15/h5-7,10,13-15,17,20H,8-9,11-12H2,1-4H3,(H,24,29). The highest BCUT2D eigenvalue weighted by Crippen LogP contribution is 2.39. The molecule has 2 aliphatic rings. The lowest BCUT2D eigenvalue weighted by molar-refractivity contribution is -0.127. The van der Waals surface area contributed by atoms with Crippen molar-refractivity contribution >= 4 is 17.5 Å². The molecule has 1 aromatic carbocycles. The minimum absolute atomic E-state index is 0.0223. The quantitative estimate of drug-likeness (QED) is 0.747. The van der Waals surface area contributed by atoms with Gasteiger partial charge in [0.2, 0.25) is 17.7 Å². The minimum Gasteiger partial charge on any atom is -0.344 e. The fraction of sp³-hybridized carbons (Fsp3) is 0.565. The highest BCUT2D eigenvalue weighted by atomic mass is 16.5. The molecule has 30 heavy (non-hydrogen) atoms. The topological polar surface area (TPSA) is 88.3 Å². The van der Waals surface area contributed by atoms with Gasteiger partial charge in [-0.3, -0.25) is 9.59 Å². The Morgan fingerprint density at radius 2 is 2.00 bits per heavy atom. The normalized spacial score (nSPS) is 20.3. The number of carbonyl (C=O) groups is 2. The number of benzene rings is 1. The van der Waals surface area contributed by atoms with Gasteiger partial charge in [0, 0.05) is 24.6 Å². The molecule has 0 bridgehead atoms. The maximum atomic E-state index is 13.0. The fourth-order valence-corrected chi connectivity index (χ4v) is 3.85. The number of carbonyl (C=O) groups excluding carboxylic acids is 2. The van der Waals surface area contributed by atoms with Crippen molar-refractivity contribution in [2.75, 3.05) is 11.4 Å². The van der Waals surface area contributed by atoms with Gasteiger partial charge in [0.15, 0.2) is 5.82 Å². The van der Waals surface area contributed by atoms with Crippen molar-refractivity contribution in [3.63, 3.8) is 0 Å². The molecule has 4 rings (SSSR count). The van der Waals surface area contributed by atoms with Gasteiger partial charge in [-0.25, -0.2) is 0 Å². The van der Waals surface area contributed by atoms with Crippen molar-refractivity contribution < 1.29 is 14.1 Å². The number of rotatable bonds is 7. The highest BCUT2D eigenvalue weighted by Gasteiger charge is 2.38. The van der Waals surface area contributed by atoms with Gasteiger partial charge in [-0.1, -0.05) is 45.0 Å². The van der Waals surface area contributed by atoms with Crippen LogP contribution in [-0.2, 0) is 9.59 Å². The van der Waals surface area contributed by atoms with Crippen molar-refractivity contribution in [2.24, 2.45) is 11.8 Å². The van der Waals surface area contributed by atoms with Gasteiger partial charge in [0.1, 0.15) is 6.04 Å². The lowest BCUT2D eigenvalue weighted by Gasteiger charge is -2.21. The van der Waals surface area contributed by atoms with E-state index in [0.29, 0.717) is 24.3 Å². The zero-order valence-corrected chi connectivity index (χ0v) is 18.1. The van der Waals surface area contributed by atoms with Crippen molar-refractivity contribution in [1.82, 2.24) is 15.5 Å². The number of anilines is 1. The molecule has 2 fully saturated rings. The molecule has 7 nitrogen and oxygen atoms in total. The van der Waals surface area contributed by atoms with Crippen LogP contribution in [0.1, 0.15) is 82.1 Å². The first-order valence-electron chi connectivity index (χ1n) is 10.9. The summed E-state index contributed by atoms with van der Waals surface area (Å²) in [7, 11) is 0. The average molecular weight is 411 g/mol. The summed E-state index contributed by atoms with van der Waals surface area (Å²) in [6.07, 6.45) is 2.39. The largest absolute Gasteiger partial charge is 0.344 e. The number of nitrogens with one attached hydrogen (secondary N) is 1. The third-order valence-electron chi connectivity index (χ3n) is 5.97. The van der Waals surface area contributed by atoms with E-state index in [1.165, 1.54) is 5.56 Å². The summed E-state index contributed by atoms with van der Waals surface area (Å²) >= 11 is 0. The van der Waals surface area contributed by atoms with Gasteiger partial charge in [-0.05, 0) is 42.4 Å². The number of hydrogen-bond donors (Lipinski definition) is 1. The predicted molar refractivity (Wildman–Crippen MR) is 113 cm³/mol. The van der Waals surface area contributed by atoms with Gasteiger partial charge in [0.25, 0.3) is 0 Å². The van der Waals surface area contributed by atoms with Gasteiger partial charge >= 0.3 is 0 Å². The SMILES string of the molecule is CC(C)c1cccc(N2CC(C(=O)NC(c3nc(C4CC4)no3)C(C)C)CC2=O)c1. The zero-order chi connectivity index (χ0) is 21.4. The lowest BCUT2D eigenvalue weighted by atomic mass is 10.0. The Bertz CT molecular complexity index is 932. The molecule has 1 aliphatic carbocycles. The van der Waals surface area contributed by atoms with E-state index in [9.17, 15) is 9.59 Å². The molecule has 1 aliphatic heterocycles. The second kappa shape index (κ2) is 8.20. The van der Waals surface area contributed by atoms with E-state index in [-0.39, 0.29) is 30.2 Å². The summed E-state index contributed by atoms with van der Waals surface area (Å²) in [5, 5.41) is 7.13. The second-order valence-electron chi connectivity index (χ2n) is 9.15. The van der Waals surface area contributed by atoms with Crippen LogP contribution in [0.2, 0.25) is 0 Å². The van der Waals surface area contributed by atoms with Crippen LogP contribution in [0.25, 0.3) is 0 Å². The number of amides is 2. The van der Waals surface area contributed by atoms with E-state index in [4.69, 9.17) is 4.52 Å². The van der Waals surface area contributed by atoms with Crippen LogP contribution < -0.4 is 10.2 Å². The molecule has 7 heteroatoms. The van der Waals surface area contributed by atoms with Crippen molar-refractivity contribution in [2.45, 2.75) is 64.8 Å². The van der Waals surface area contributed by atoms with Crippen LogP contribution in [0.4, 0.5) is 5.69 Å². The molecule has 1 N–H and O–H groups in total. The maximum Gasteiger partial charge on any atom is 0.249 e. The molecule has 1 saturated heterocycles. The Balaban J connectivity index is 1.45. The Morgan fingerprint density at radius 3 is 2.67 bits per heavy atom. The Hall–Kier alpha value is -2.70. The fourth-order valence-electron chi connectivity index (χ4n) is 3.85. The average Bonchev–Trinajstić information content (AvgIpc) is 3.32. The van der Waals surface area contributed by atoms with E-state index in [2.05, 4.69) is 35.4 Å². The summed E-state index contributed by atoms with van der Waals surface area (Å²) in [5.41, 5.74) is 2.03. The summed E-state index contributed by atoms with van der Waals surface area (Å²) in [6.45, 7) is 8.65. The summed E-state index contributed by atoms with van der Waals surface area (Å²) in [6, 6.07) is 7.64. The van der Waals surface area contributed by atoms with Gasteiger partial charge in [-0.15, -0.1) is 0 Å². The predicted octanol–water partition coefficient (Wildman–Crippen LogP) is 3.94. The summed E-state index contributed by atoms with van der Waals surface area (Å²) in [4.78, 5) is 31.9. The van der Waals surface area contributed by atoms with Crippen LogP contribution in [-0.4, -0.2) is 28.5 Å². The molecule has 2 heterocycles. The highest BCUT2D eigenvalue weighted by molar-refractivity contribution is 6.00. The van der Waals surface area contributed by atoms with Crippen molar-refractivity contribution in [3.05, 3.63) is 41.5 Å². The molecular weight excluding hydrogens is 380 g/mol. The Kier molecular flexibility index (Phi) is 5.62. The molecule has 160 valence electrons. The molecule has 2 aromatic rings. The second-order valence-corrected chi connectivity index (χ2v) is 9.15. The Labute approximate surface area is 177 Å². The lowest BCUT2D eigenvalue weighted by Crippen LogP contribution is -2.37. The molecule has 0 spiro atoms.